The molecule has 0 bridgehead atoms. The van der Waals surface area contributed by atoms with Crippen molar-refractivity contribution in [1.29, 1.82) is 0 Å². The second-order valence-electron chi connectivity index (χ2n) is 6.45. The number of ether oxygens (including phenoxy) is 2. The molecule has 0 saturated heterocycles. The maximum atomic E-state index is 11.1. The number of hydrogen-bond donors (Lipinski definition) is 1. The number of hydrogen-bond acceptors (Lipinski definition) is 3. The first kappa shape index (κ1) is 19.5. The van der Waals surface area contributed by atoms with Crippen LogP contribution in [0.5, 0.6) is 11.5 Å². The van der Waals surface area contributed by atoms with Crippen LogP contribution in [0.3, 0.4) is 0 Å². The van der Waals surface area contributed by atoms with Gasteiger partial charge >= 0.3 is 5.97 Å². The predicted molar refractivity (Wildman–Crippen MR) is 111 cm³/mol. The summed E-state index contributed by atoms with van der Waals surface area (Å²) < 4.78 is 11.8. The zero-order chi connectivity index (χ0) is 19.8. The Balaban J connectivity index is 1.69. The van der Waals surface area contributed by atoms with E-state index in [1.54, 1.807) is 0 Å². The molecule has 0 aliphatic rings. The minimum atomic E-state index is -0.818. The zero-order valence-electron chi connectivity index (χ0n) is 15.8. The lowest BCUT2D eigenvalue weighted by Gasteiger charge is -2.15. The van der Waals surface area contributed by atoms with Crippen molar-refractivity contribution in [2.75, 3.05) is 13.2 Å². The summed E-state index contributed by atoms with van der Waals surface area (Å²) >= 11 is 0. The molecule has 0 atom stereocenters. The molecule has 0 aromatic heterocycles. The van der Waals surface area contributed by atoms with Gasteiger partial charge in [0.1, 0.15) is 24.7 Å². The summed E-state index contributed by atoms with van der Waals surface area (Å²) in [6.07, 6.45) is 3.09. The molecule has 0 fully saturated rings. The SMILES string of the molecule is C=CCc1ccccc1OCCOc1ccc2ccccc2c1CCC(=O)O. The van der Waals surface area contributed by atoms with Crippen molar-refractivity contribution in [3.8, 4) is 11.5 Å². The topological polar surface area (TPSA) is 55.8 Å². The number of rotatable bonds is 10. The number of aryl methyl sites for hydroxylation is 1. The fraction of sp³-hybridized carbons (Fsp3) is 0.208. The summed E-state index contributed by atoms with van der Waals surface area (Å²) in [5.74, 6) is 0.722. The Kier molecular flexibility index (Phi) is 6.68. The van der Waals surface area contributed by atoms with E-state index in [1.165, 1.54) is 0 Å². The molecule has 1 N–H and O–H groups in total. The van der Waals surface area contributed by atoms with Gasteiger partial charge < -0.3 is 14.6 Å². The van der Waals surface area contributed by atoms with E-state index < -0.39 is 5.97 Å². The molecule has 28 heavy (non-hydrogen) atoms. The highest BCUT2D eigenvalue weighted by Crippen LogP contribution is 2.29. The molecule has 0 aliphatic heterocycles. The van der Waals surface area contributed by atoms with E-state index in [0.717, 1.165) is 34.1 Å². The number of aliphatic carboxylic acids is 1. The largest absolute Gasteiger partial charge is 0.490 e. The standard InChI is InChI=1S/C24H24O4/c1-2-7-19-9-4-6-11-22(19)27-16-17-28-23-14-12-18-8-3-5-10-20(18)21(23)13-15-24(25)26/h2-6,8-12,14H,1,7,13,15-17H2,(H,25,26). The highest BCUT2D eigenvalue weighted by Gasteiger charge is 2.11. The second-order valence-corrected chi connectivity index (χ2v) is 6.45. The fourth-order valence-corrected chi connectivity index (χ4v) is 3.21. The van der Waals surface area contributed by atoms with Crippen LogP contribution >= 0.6 is 0 Å². The smallest absolute Gasteiger partial charge is 0.303 e. The van der Waals surface area contributed by atoms with Gasteiger partial charge in [-0.25, -0.2) is 0 Å². The van der Waals surface area contributed by atoms with Crippen LogP contribution < -0.4 is 9.47 Å². The van der Waals surface area contributed by atoms with E-state index in [0.29, 0.717) is 25.4 Å². The van der Waals surface area contributed by atoms with E-state index in [2.05, 4.69) is 6.58 Å². The van der Waals surface area contributed by atoms with Gasteiger partial charge in [-0.15, -0.1) is 6.58 Å². The number of carboxylic acids is 1. The monoisotopic (exact) mass is 376 g/mol. The molecular formula is C24H24O4. The lowest BCUT2D eigenvalue weighted by atomic mass is 10.00. The fourth-order valence-electron chi connectivity index (χ4n) is 3.21. The summed E-state index contributed by atoms with van der Waals surface area (Å²) in [6.45, 7) is 4.55. The number of para-hydroxylation sites is 1. The van der Waals surface area contributed by atoms with E-state index in [9.17, 15) is 4.79 Å². The maximum Gasteiger partial charge on any atom is 0.303 e. The minimum Gasteiger partial charge on any atom is -0.490 e. The zero-order valence-corrected chi connectivity index (χ0v) is 15.8. The van der Waals surface area contributed by atoms with Crippen LogP contribution in [-0.4, -0.2) is 24.3 Å². The molecule has 4 nitrogen and oxygen atoms in total. The van der Waals surface area contributed by atoms with Gasteiger partial charge in [-0.05, 0) is 41.3 Å². The highest BCUT2D eigenvalue weighted by molar-refractivity contribution is 5.88. The number of carbonyl (C=O) groups is 1. The average molecular weight is 376 g/mol. The van der Waals surface area contributed by atoms with Gasteiger partial charge in [0.05, 0.1) is 0 Å². The third kappa shape index (κ3) is 4.92. The summed E-state index contributed by atoms with van der Waals surface area (Å²) in [5.41, 5.74) is 2.01. The van der Waals surface area contributed by atoms with Crippen LogP contribution in [0.4, 0.5) is 0 Å². The molecule has 144 valence electrons. The summed E-state index contributed by atoms with van der Waals surface area (Å²) in [4.78, 5) is 11.1. The molecule has 0 aliphatic carbocycles. The molecule has 0 radical (unpaired) electrons. The van der Waals surface area contributed by atoms with Gasteiger partial charge in [0, 0.05) is 12.0 Å². The first-order valence-electron chi connectivity index (χ1n) is 9.36. The summed E-state index contributed by atoms with van der Waals surface area (Å²) in [5, 5.41) is 11.2. The quantitative estimate of drug-likeness (QED) is 0.398. The molecule has 0 spiro atoms. The molecular weight excluding hydrogens is 352 g/mol. The third-order valence-corrected chi connectivity index (χ3v) is 4.52. The van der Waals surface area contributed by atoms with E-state index >= 15 is 0 Å². The van der Waals surface area contributed by atoms with Gasteiger partial charge in [-0.1, -0.05) is 54.6 Å². The first-order chi connectivity index (χ1) is 13.7. The molecule has 0 amide bonds. The molecule has 3 aromatic rings. The van der Waals surface area contributed by atoms with Gasteiger partial charge in [0.25, 0.3) is 0 Å². The Morgan fingerprint density at radius 1 is 0.929 bits per heavy atom. The maximum absolute atomic E-state index is 11.1. The van der Waals surface area contributed by atoms with Gasteiger partial charge in [0.15, 0.2) is 0 Å². The Hall–Kier alpha value is -3.27. The van der Waals surface area contributed by atoms with Crippen LogP contribution in [-0.2, 0) is 17.6 Å². The van der Waals surface area contributed by atoms with Crippen molar-refractivity contribution < 1.29 is 19.4 Å². The second kappa shape index (κ2) is 9.60. The lowest BCUT2D eigenvalue weighted by molar-refractivity contribution is -0.136. The molecule has 3 aromatic carbocycles. The summed E-state index contributed by atoms with van der Waals surface area (Å²) in [6, 6.07) is 19.7. The summed E-state index contributed by atoms with van der Waals surface area (Å²) in [7, 11) is 0. The number of benzene rings is 3. The van der Waals surface area contributed by atoms with Gasteiger partial charge in [-0.3, -0.25) is 4.79 Å². The van der Waals surface area contributed by atoms with Crippen molar-refractivity contribution in [2.45, 2.75) is 19.3 Å². The first-order valence-corrected chi connectivity index (χ1v) is 9.36. The van der Waals surface area contributed by atoms with Gasteiger partial charge in [0.2, 0.25) is 0 Å². The van der Waals surface area contributed by atoms with Crippen molar-refractivity contribution in [3.63, 3.8) is 0 Å². The Morgan fingerprint density at radius 2 is 1.64 bits per heavy atom. The number of allylic oxidation sites excluding steroid dienone is 1. The Labute approximate surface area is 165 Å². The molecule has 0 saturated carbocycles. The van der Waals surface area contributed by atoms with E-state index in [4.69, 9.17) is 14.6 Å². The van der Waals surface area contributed by atoms with Crippen molar-refractivity contribution in [3.05, 3.63) is 84.4 Å². The minimum absolute atomic E-state index is 0.0653. The Morgan fingerprint density at radius 3 is 2.43 bits per heavy atom. The third-order valence-electron chi connectivity index (χ3n) is 4.52. The number of carboxylic acid groups (broad SMARTS) is 1. The molecule has 0 heterocycles. The van der Waals surface area contributed by atoms with Crippen LogP contribution in [0.15, 0.2) is 73.3 Å². The normalized spacial score (nSPS) is 10.6. The van der Waals surface area contributed by atoms with Crippen molar-refractivity contribution >= 4 is 16.7 Å². The molecule has 0 unspecified atom stereocenters. The average Bonchev–Trinajstić information content (AvgIpc) is 2.71. The van der Waals surface area contributed by atoms with Crippen LogP contribution in [0.2, 0.25) is 0 Å². The van der Waals surface area contributed by atoms with E-state index in [1.807, 2.05) is 66.7 Å². The predicted octanol–water partition coefficient (Wildman–Crippen LogP) is 5.04. The van der Waals surface area contributed by atoms with Crippen LogP contribution in [0, 0.1) is 0 Å². The lowest BCUT2D eigenvalue weighted by Crippen LogP contribution is -2.11. The molecule has 3 rings (SSSR count). The van der Waals surface area contributed by atoms with Crippen molar-refractivity contribution in [1.82, 2.24) is 0 Å². The molecule has 4 heteroatoms. The van der Waals surface area contributed by atoms with Crippen LogP contribution in [0.25, 0.3) is 10.8 Å². The van der Waals surface area contributed by atoms with Gasteiger partial charge in [-0.2, -0.15) is 0 Å². The Bertz CT molecular complexity index is 962. The van der Waals surface area contributed by atoms with E-state index in [-0.39, 0.29) is 6.42 Å². The van der Waals surface area contributed by atoms with Crippen LogP contribution in [0.1, 0.15) is 17.5 Å². The highest BCUT2D eigenvalue weighted by atomic mass is 16.5. The van der Waals surface area contributed by atoms with Crippen molar-refractivity contribution in [2.24, 2.45) is 0 Å². The number of fused-ring (bicyclic) bond motifs is 1.